The van der Waals surface area contributed by atoms with E-state index in [1.54, 1.807) is 12.1 Å². The van der Waals surface area contributed by atoms with E-state index >= 15 is 0 Å². The maximum atomic E-state index is 12.6. The molecular weight excluding hydrogens is 374 g/mol. The van der Waals surface area contributed by atoms with Gasteiger partial charge in [-0.25, -0.2) is 0 Å². The van der Waals surface area contributed by atoms with Gasteiger partial charge in [0.2, 0.25) is 11.7 Å². The van der Waals surface area contributed by atoms with Gasteiger partial charge in [-0.1, -0.05) is 12.1 Å². The van der Waals surface area contributed by atoms with Crippen molar-refractivity contribution in [3.8, 4) is 28.4 Å². The summed E-state index contributed by atoms with van der Waals surface area (Å²) in [7, 11) is 4.58. The zero-order valence-corrected chi connectivity index (χ0v) is 17.0. The van der Waals surface area contributed by atoms with Crippen LogP contribution in [0.15, 0.2) is 29.1 Å². The van der Waals surface area contributed by atoms with E-state index in [1.807, 2.05) is 6.07 Å². The van der Waals surface area contributed by atoms with Gasteiger partial charge in [0.15, 0.2) is 16.9 Å². The Labute approximate surface area is 169 Å². The Morgan fingerprint density at radius 1 is 1.10 bits per heavy atom. The van der Waals surface area contributed by atoms with Crippen molar-refractivity contribution in [1.82, 2.24) is 5.32 Å². The van der Waals surface area contributed by atoms with Crippen LogP contribution >= 0.6 is 0 Å². The van der Waals surface area contributed by atoms with Gasteiger partial charge in [-0.15, -0.1) is 0 Å². The molecule has 2 aromatic carbocycles. The van der Waals surface area contributed by atoms with Gasteiger partial charge >= 0.3 is 0 Å². The van der Waals surface area contributed by atoms with Gasteiger partial charge in [0.05, 0.1) is 34.0 Å². The number of fused-ring (bicyclic) bond motifs is 3. The van der Waals surface area contributed by atoms with Crippen molar-refractivity contribution in [3.63, 3.8) is 0 Å². The summed E-state index contributed by atoms with van der Waals surface area (Å²) in [5, 5.41) is 12.5. The molecule has 0 saturated carbocycles. The average Bonchev–Trinajstić information content (AvgIpc) is 2.94. The molecule has 0 radical (unpaired) electrons. The molecule has 1 amide bonds. The van der Waals surface area contributed by atoms with Crippen molar-refractivity contribution in [3.05, 3.63) is 51.2 Å². The fourth-order valence-corrected chi connectivity index (χ4v) is 3.87. The van der Waals surface area contributed by atoms with Crippen LogP contribution in [0.1, 0.15) is 36.1 Å². The average molecular weight is 399 g/mol. The van der Waals surface area contributed by atoms with Crippen LogP contribution in [0.4, 0.5) is 0 Å². The van der Waals surface area contributed by atoms with E-state index in [2.05, 4.69) is 5.32 Å². The van der Waals surface area contributed by atoms with E-state index in [1.165, 1.54) is 34.3 Å². The SMILES string of the molecule is COc1cc2c(c(OC)c1OC)[C@@H](NC(C)=O)CCc1ccc(CO)c(=O)cc1-2. The molecule has 7 heteroatoms. The Bertz CT molecular complexity index is 1000. The predicted octanol–water partition coefficient (Wildman–Crippen LogP) is 2.36. The Balaban J connectivity index is 2.42. The van der Waals surface area contributed by atoms with E-state index in [4.69, 9.17) is 14.2 Å². The van der Waals surface area contributed by atoms with Crippen molar-refractivity contribution in [2.75, 3.05) is 21.3 Å². The van der Waals surface area contributed by atoms with Gasteiger partial charge in [-0.3, -0.25) is 9.59 Å². The molecule has 7 nitrogen and oxygen atoms in total. The summed E-state index contributed by atoms with van der Waals surface area (Å²) in [5.74, 6) is 1.17. The maximum Gasteiger partial charge on any atom is 0.217 e. The number of aliphatic hydroxyl groups excluding tert-OH is 1. The predicted molar refractivity (Wildman–Crippen MR) is 109 cm³/mol. The van der Waals surface area contributed by atoms with E-state index in [0.29, 0.717) is 35.7 Å². The summed E-state index contributed by atoms with van der Waals surface area (Å²) in [6.45, 7) is 1.14. The van der Waals surface area contributed by atoms with Crippen LogP contribution in [0.2, 0.25) is 0 Å². The van der Waals surface area contributed by atoms with Crippen LogP contribution in [-0.2, 0) is 17.8 Å². The lowest BCUT2D eigenvalue weighted by Crippen LogP contribution is -2.27. The standard InChI is InChI=1S/C22H25NO6/c1-12(25)23-17-8-7-13-5-6-14(11-24)18(26)9-15(13)16-10-19(27-2)21(28-3)22(29-4)20(16)17/h5-6,9-10,17,24H,7-8,11H2,1-4H3,(H,23,25)/t17-/m0/s1. The molecule has 154 valence electrons. The molecule has 0 spiro atoms. The maximum absolute atomic E-state index is 12.6. The van der Waals surface area contributed by atoms with Crippen molar-refractivity contribution in [2.45, 2.75) is 32.4 Å². The number of aryl methyl sites for hydroxylation is 1. The third-order valence-corrected chi connectivity index (χ3v) is 5.18. The third-order valence-electron chi connectivity index (χ3n) is 5.18. The third kappa shape index (κ3) is 3.78. The van der Waals surface area contributed by atoms with Gasteiger partial charge < -0.3 is 24.6 Å². The largest absolute Gasteiger partial charge is 0.493 e. The summed E-state index contributed by atoms with van der Waals surface area (Å²) >= 11 is 0. The van der Waals surface area contributed by atoms with Crippen LogP contribution < -0.4 is 25.0 Å². The molecule has 0 saturated heterocycles. The number of rotatable bonds is 5. The number of carbonyl (C=O) groups is 1. The highest BCUT2D eigenvalue weighted by Gasteiger charge is 2.31. The minimum atomic E-state index is -0.331. The number of benzene rings is 1. The molecule has 0 heterocycles. The van der Waals surface area contributed by atoms with E-state index in [-0.39, 0.29) is 24.0 Å². The summed E-state index contributed by atoms with van der Waals surface area (Å²) in [6.07, 6.45) is 1.24. The molecule has 2 aromatic rings. The molecule has 0 bridgehead atoms. The van der Waals surface area contributed by atoms with Crippen LogP contribution in [-0.4, -0.2) is 32.3 Å². The smallest absolute Gasteiger partial charge is 0.217 e. The second kappa shape index (κ2) is 8.53. The minimum Gasteiger partial charge on any atom is -0.493 e. The summed E-state index contributed by atoms with van der Waals surface area (Å²) in [5.41, 5.74) is 3.18. The monoisotopic (exact) mass is 399 g/mol. The van der Waals surface area contributed by atoms with Gasteiger partial charge in [-0.05, 0) is 41.7 Å². The number of ether oxygens (including phenoxy) is 3. The summed E-state index contributed by atoms with van der Waals surface area (Å²) in [4.78, 5) is 24.5. The van der Waals surface area contributed by atoms with Crippen LogP contribution in [0, 0.1) is 0 Å². The van der Waals surface area contributed by atoms with Gasteiger partial charge in [0.25, 0.3) is 0 Å². The Morgan fingerprint density at radius 2 is 1.83 bits per heavy atom. The molecule has 2 N–H and O–H groups in total. The Hall–Kier alpha value is -3.06. The van der Waals surface area contributed by atoms with Crippen molar-refractivity contribution < 1.29 is 24.1 Å². The number of aliphatic hydroxyl groups is 1. The molecule has 1 atom stereocenters. The van der Waals surface area contributed by atoms with Crippen molar-refractivity contribution in [1.29, 1.82) is 0 Å². The van der Waals surface area contributed by atoms with Gasteiger partial charge in [0.1, 0.15) is 0 Å². The molecule has 3 rings (SSSR count). The summed E-state index contributed by atoms with van der Waals surface area (Å²) in [6, 6.07) is 6.50. The zero-order chi connectivity index (χ0) is 21.1. The number of hydrogen-bond acceptors (Lipinski definition) is 6. The molecule has 1 aliphatic rings. The normalized spacial score (nSPS) is 14.9. The molecular formula is C22H25NO6. The quantitative estimate of drug-likeness (QED) is 0.802. The number of nitrogens with one attached hydrogen (secondary N) is 1. The first-order valence-corrected chi connectivity index (χ1v) is 9.32. The second-order valence-electron chi connectivity index (χ2n) is 6.86. The lowest BCUT2D eigenvalue weighted by atomic mass is 9.94. The second-order valence-corrected chi connectivity index (χ2v) is 6.86. The number of amides is 1. The highest BCUT2D eigenvalue weighted by atomic mass is 16.5. The first-order chi connectivity index (χ1) is 13.9. The van der Waals surface area contributed by atoms with Crippen molar-refractivity contribution in [2.24, 2.45) is 0 Å². The Kier molecular flexibility index (Phi) is 6.08. The lowest BCUT2D eigenvalue weighted by molar-refractivity contribution is -0.119. The number of carbonyl (C=O) groups excluding carboxylic acids is 1. The van der Waals surface area contributed by atoms with E-state index in [9.17, 15) is 14.7 Å². The molecule has 1 aliphatic carbocycles. The van der Waals surface area contributed by atoms with Crippen molar-refractivity contribution >= 4 is 5.91 Å². The van der Waals surface area contributed by atoms with E-state index < -0.39 is 0 Å². The topological polar surface area (TPSA) is 94.1 Å². The molecule has 0 aromatic heterocycles. The highest BCUT2D eigenvalue weighted by Crippen LogP contribution is 2.50. The lowest BCUT2D eigenvalue weighted by Gasteiger charge is -2.24. The zero-order valence-electron chi connectivity index (χ0n) is 17.0. The molecule has 29 heavy (non-hydrogen) atoms. The molecule has 0 aliphatic heterocycles. The fraction of sp³-hybridized carbons (Fsp3) is 0.364. The fourth-order valence-electron chi connectivity index (χ4n) is 3.87. The first-order valence-electron chi connectivity index (χ1n) is 9.32. The van der Waals surface area contributed by atoms with Crippen LogP contribution in [0.5, 0.6) is 17.2 Å². The van der Waals surface area contributed by atoms with Gasteiger partial charge in [-0.2, -0.15) is 0 Å². The minimum absolute atomic E-state index is 0.165. The summed E-state index contributed by atoms with van der Waals surface area (Å²) < 4.78 is 16.7. The molecule has 0 fully saturated rings. The Morgan fingerprint density at radius 3 is 2.41 bits per heavy atom. The highest BCUT2D eigenvalue weighted by molar-refractivity contribution is 5.81. The van der Waals surface area contributed by atoms with Gasteiger partial charge in [0, 0.05) is 18.1 Å². The number of methoxy groups -OCH3 is 3. The van der Waals surface area contributed by atoms with E-state index in [0.717, 1.165) is 22.3 Å². The van der Waals surface area contributed by atoms with Crippen LogP contribution in [0.25, 0.3) is 11.1 Å². The number of hydrogen-bond donors (Lipinski definition) is 2. The van der Waals surface area contributed by atoms with Crippen LogP contribution in [0.3, 0.4) is 0 Å². The molecule has 0 unspecified atom stereocenters. The first kappa shape index (κ1) is 20.7.